The molecule has 0 radical (unpaired) electrons. The Balaban J connectivity index is 1.48. The number of alkyl halides is 2. The molecule has 0 saturated heterocycles. The lowest BCUT2D eigenvalue weighted by Crippen LogP contribution is -2.43. The summed E-state index contributed by atoms with van der Waals surface area (Å²) >= 11 is 12.6. The number of pyridine rings is 1. The maximum absolute atomic E-state index is 14.3. The summed E-state index contributed by atoms with van der Waals surface area (Å²) in [5.74, 6) is -1.96. The number of benzene rings is 3. The molecule has 4 N–H and O–H groups in total. The van der Waals surface area contributed by atoms with Crippen molar-refractivity contribution in [3.8, 4) is 22.8 Å². The summed E-state index contributed by atoms with van der Waals surface area (Å²) in [7, 11) is 1.31. The monoisotopic (exact) mass is 699 g/mol. The zero-order chi connectivity index (χ0) is 34.5. The Bertz CT molecular complexity index is 2100. The van der Waals surface area contributed by atoms with Gasteiger partial charge in [-0.15, -0.1) is 0 Å². The number of fused-ring (bicyclic) bond motifs is 2. The molecular weight excluding hydrogens is 674 g/mol. The van der Waals surface area contributed by atoms with Gasteiger partial charge in [-0.25, -0.2) is 14.1 Å². The normalized spacial score (nSPS) is 16.8. The average Bonchev–Trinajstić information content (AvgIpc) is 3.68. The molecule has 1 aliphatic rings. The van der Waals surface area contributed by atoms with Crippen molar-refractivity contribution in [2.45, 2.75) is 24.5 Å². The number of rotatable bonds is 9. The first kappa shape index (κ1) is 33.1. The van der Waals surface area contributed by atoms with Gasteiger partial charge >= 0.3 is 6.55 Å². The van der Waals surface area contributed by atoms with Crippen molar-refractivity contribution >= 4 is 45.9 Å². The second-order valence-corrected chi connectivity index (χ2v) is 12.1. The van der Waals surface area contributed by atoms with Crippen LogP contribution in [0.1, 0.15) is 40.7 Å². The molecule has 0 saturated carbocycles. The lowest BCUT2D eigenvalue weighted by atomic mass is 9.80. The zero-order valence-electron chi connectivity index (χ0n) is 25.2. The number of nitrogens with zero attached hydrogens (tertiary/aromatic N) is 3. The standard InChI is InChI=1S/C33H26Cl2F3N5O5/c1-32(30(39)45)15-48-28-20(32)12-23(41-27(28)19-8-9-21(36)25(35)24(19)34)33(46,18-6-4-3-5-7-18)14-40-29(44)16-10-17-13-43(31(37)38)42-26(17)22(11-16)47-2/h3-13,31,46H,14-15H2,1-2H3,(H2,39,45)(H,40,44)/t32-,33+/m0/s1. The second-order valence-electron chi connectivity index (χ2n) is 11.4. The highest BCUT2D eigenvalue weighted by Gasteiger charge is 2.46. The highest BCUT2D eigenvalue weighted by Crippen LogP contribution is 2.48. The third-order valence-electron chi connectivity index (χ3n) is 8.36. The van der Waals surface area contributed by atoms with Crippen LogP contribution >= 0.6 is 23.2 Å². The molecule has 10 nitrogen and oxygen atoms in total. The van der Waals surface area contributed by atoms with Crippen molar-refractivity contribution in [1.29, 1.82) is 0 Å². The van der Waals surface area contributed by atoms with Crippen molar-refractivity contribution in [1.82, 2.24) is 20.1 Å². The molecule has 15 heteroatoms. The van der Waals surface area contributed by atoms with Crippen LogP contribution in [0, 0.1) is 5.82 Å². The Morgan fingerprint density at radius 3 is 2.56 bits per heavy atom. The molecule has 0 aliphatic carbocycles. The van der Waals surface area contributed by atoms with Gasteiger partial charge in [0.2, 0.25) is 5.91 Å². The van der Waals surface area contributed by atoms with Gasteiger partial charge < -0.3 is 25.6 Å². The molecule has 1 aliphatic heterocycles. The van der Waals surface area contributed by atoms with Crippen molar-refractivity contribution in [2.24, 2.45) is 5.73 Å². The van der Waals surface area contributed by atoms with E-state index in [2.05, 4.69) is 10.4 Å². The van der Waals surface area contributed by atoms with Gasteiger partial charge in [0.25, 0.3) is 5.91 Å². The van der Waals surface area contributed by atoms with Gasteiger partial charge in [-0.05, 0) is 42.8 Å². The summed E-state index contributed by atoms with van der Waals surface area (Å²) in [5.41, 5.74) is 3.29. The number of aromatic nitrogens is 3. The fourth-order valence-corrected chi connectivity index (χ4v) is 5.97. The number of aliphatic hydroxyl groups is 1. The Kier molecular flexibility index (Phi) is 8.48. The van der Waals surface area contributed by atoms with Crippen LogP contribution in [-0.4, -0.2) is 51.9 Å². The molecule has 2 amide bonds. The summed E-state index contributed by atoms with van der Waals surface area (Å²) in [5, 5.41) is 18.7. The number of nitrogens with two attached hydrogens (primary N) is 1. The van der Waals surface area contributed by atoms with Crippen LogP contribution < -0.4 is 20.5 Å². The maximum Gasteiger partial charge on any atom is 0.333 e. The number of carbonyl (C=O) groups is 2. The second kappa shape index (κ2) is 12.3. The van der Waals surface area contributed by atoms with Crippen LogP contribution in [0.5, 0.6) is 11.5 Å². The highest BCUT2D eigenvalue weighted by atomic mass is 35.5. The van der Waals surface area contributed by atoms with E-state index in [0.29, 0.717) is 10.2 Å². The number of nitrogens with one attached hydrogen (secondary N) is 1. The Hall–Kier alpha value is -4.85. The van der Waals surface area contributed by atoms with E-state index in [1.807, 2.05) is 0 Å². The van der Waals surface area contributed by atoms with Crippen LogP contribution in [0.3, 0.4) is 0 Å². The van der Waals surface area contributed by atoms with Crippen molar-refractivity contribution in [3.05, 3.63) is 105 Å². The number of primary amides is 1. The number of halogens is 5. The van der Waals surface area contributed by atoms with Crippen LogP contribution in [0.25, 0.3) is 22.2 Å². The first-order chi connectivity index (χ1) is 22.8. The molecule has 2 atom stereocenters. The van der Waals surface area contributed by atoms with Crippen LogP contribution in [0.4, 0.5) is 13.2 Å². The summed E-state index contributed by atoms with van der Waals surface area (Å²) < 4.78 is 52.6. The molecule has 3 heterocycles. The van der Waals surface area contributed by atoms with E-state index in [0.717, 1.165) is 12.3 Å². The minimum Gasteiger partial charge on any atom is -0.494 e. The number of hydrogen-bond donors (Lipinski definition) is 3. The molecule has 0 bridgehead atoms. The minimum absolute atomic E-state index is 0.0358. The zero-order valence-corrected chi connectivity index (χ0v) is 26.7. The van der Waals surface area contributed by atoms with Crippen molar-refractivity contribution < 1.29 is 37.3 Å². The van der Waals surface area contributed by atoms with Crippen LogP contribution in [0.2, 0.25) is 10.0 Å². The van der Waals surface area contributed by atoms with Gasteiger partial charge in [-0.1, -0.05) is 53.5 Å². The summed E-state index contributed by atoms with van der Waals surface area (Å²) in [6, 6.07) is 14.9. The average molecular weight is 701 g/mol. The summed E-state index contributed by atoms with van der Waals surface area (Å²) in [4.78, 5) is 31.0. The molecule has 6 rings (SSSR count). The third kappa shape index (κ3) is 5.47. The molecular formula is C33H26Cl2F3N5O5. The van der Waals surface area contributed by atoms with E-state index in [9.17, 15) is 27.9 Å². The van der Waals surface area contributed by atoms with E-state index in [1.165, 1.54) is 31.4 Å². The first-order valence-electron chi connectivity index (χ1n) is 14.3. The van der Waals surface area contributed by atoms with Gasteiger partial charge in [0.1, 0.15) is 46.1 Å². The number of methoxy groups -OCH3 is 1. The number of hydrogen-bond acceptors (Lipinski definition) is 7. The first-order valence-corrected chi connectivity index (χ1v) is 15.1. The molecule has 3 aromatic carbocycles. The minimum atomic E-state index is -2.91. The third-order valence-corrected chi connectivity index (χ3v) is 9.22. The molecule has 0 unspecified atom stereocenters. The van der Waals surface area contributed by atoms with Gasteiger partial charge in [-0.2, -0.15) is 13.9 Å². The maximum atomic E-state index is 14.3. The van der Waals surface area contributed by atoms with E-state index < -0.39 is 41.7 Å². The molecule has 248 valence electrons. The molecule has 0 spiro atoms. The molecule has 48 heavy (non-hydrogen) atoms. The number of ether oxygens (including phenoxy) is 2. The quantitative estimate of drug-likeness (QED) is 0.166. The molecule has 5 aromatic rings. The largest absolute Gasteiger partial charge is 0.494 e. The predicted molar refractivity (Wildman–Crippen MR) is 171 cm³/mol. The molecule has 0 fully saturated rings. The highest BCUT2D eigenvalue weighted by molar-refractivity contribution is 6.43. The smallest absolute Gasteiger partial charge is 0.333 e. The SMILES string of the molecule is COc1cc(C(=O)NC[C@@](O)(c2ccccc2)c2cc3c(c(-c4ccc(F)c(Cl)c4Cl)n2)OC[C@]3(C)C(N)=O)cc2cn(C(F)F)nc12. The summed E-state index contributed by atoms with van der Waals surface area (Å²) in [6.07, 6.45) is 1.08. The van der Waals surface area contributed by atoms with E-state index in [-0.39, 0.29) is 67.1 Å². The van der Waals surface area contributed by atoms with Crippen LogP contribution in [-0.2, 0) is 15.8 Å². The van der Waals surface area contributed by atoms with Crippen molar-refractivity contribution in [2.75, 3.05) is 20.3 Å². The number of amides is 2. The van der Waals surface area contributed by atoms with Gasteiger partial charge in [0.05, 0.1) is 29.4 Å². The summed E-state index contributed by atoms with van der Waals surface area (Å²) in [6.45, 7) is -1.97. The lowest BCUT2D eigenvalue weighted by Gasteiger charge is -2.30. The van der Waals surface area contributed by atoms with Gasteiger partial charge in [0, 0.05) is 28.3 Å². The fourth-order valence-electron chi connectivity index (χ4n) is 5.56. The Labute approximate surface area is 281 Å². The van der Waals surface area contributed by atoms with Gasteiger partial charge in [0.15, 0.2) is 0 Å². The topological polar surface area (TPSA) is 142 Å². The van der Waals surface area contributed by atoms with E-state index >= 15 is 0 Å². The molecule has 2 aromatic heterocycles. The Morgan fingerprint density at radius 2 is 1.90 bits per heavy atom. The number of carbonyl (C=O) groups excluding carboxylic acids is 2. The predicted octanol–water partition coefficient (Wildman–Crippen LogP) is 5.75. The van der Waals surface area contributed by atoms with Crippen LogP contribution in [0.15, 0.2) is 66.9 Å². The van der Waals surface area contributed by atoms with E-state index in [4.69, 9.17) is 43.4 Å². The van der Waals surface area contributed by atoms with Gasteiger partial charge in [-0.3, -0.25) is 9.59 Å². The fraction of sp³-hybridized carbons (Fsp3) is 0.212. The van der Waals surface area contributed by atoms with Crippen molar-refractivity contribution in [3.63, 3.8) is 0 Å². The Morgan fingerprint density at radius 1 is 1.17 bits per heavy atom. The van der Waals surface area contributed by atoms with E-state index in [1.54, 1.807) is 37.3 Å². The lowest BCUT2D eigenvalue weighted by molar-refractivity contribution is -0.123.